The molecule has 0 heterocycles. The highest BCUT2D eigenvalue weighted by Crippen LogP contribution is 2.10. The van der Waals surface area contributed by atoms with Crippen LogP contribution in [-0.4, -0.2) is 36.3 Å². The summed E-state index contributed by atoms with van der Waals surface area (Å²) in [6, 6.07) is 7.61. The zero-order valence-corrected chi connectivity index (χ0v) is 14.9. The zero-order chi connectivity index (χ0) is 17.1. The van der Waals surface area contributed by atoms with Gasteiger partial charge in [-0.2, -0.15) is 0 Å². The maximum Gasteiger partial charge on any atom is 0.221 e. The van der Waals surface area contributed by atoms with Crippen LogP contribution in [0.25, 0.3) is 0 Å². The van der Waals surface area contributed by atoms with Gasteiger partial charge in [0.15, 0.2) is 0 Å². The average Bonchev–Trinajstić information content (AvgIpc) is 2.53. The van der Waals surface area contributed by atoms with Crippen LogP contribution >= 0.6 is 11.6 Å². The standard InChI is InChI=1S/C18H27ClN2O2/c1-3-4-5-12-20-18(23)11-14-21(15(2)22)13-10-16-6-8-17(19)9-7-16/h6-9H,3-5,10-14H2,1-2H3,(H,20,23). The Kier molecular flexibility index (Phi) is 9.37. The molecule has 0 saturated carbocycles. The Labute approximate surface area is 144 Å². The van der Waals surface area contributed by atoms with Gasteiger partial charge in [0.05, 0.1) is 0 Å². The molecule has 2 amide bonds. The van der Waals surface area contributed by atoms with Gasteiger partial charge in [-0.05, 0) is 30.5 Å². The predicted octanol–water partition coefficient (Wildman–Crippen LogP) is 3.43. The average molecular weight is 339 g/mol. The molecule has 0 aromatic heterocycles. The van der Waals surface area contributed by atoms with Crippen LogP contribution in [0.2, 0.25) is 5.02 Å². The number of amides is 2. The Morgan fingerprint density at radius 2 is 1.83 bits per heavy atom. The number of benzene rings is 1. The molecule has 0 aliphatic rings. The van der Waals surface area contributed by atoms with Crippen molar-refractivity contribution in [2.75, 3.05) is 19.6 Å². The third-order valence-corrected chi connectivity index (χ3v) is 3.99. The number of nitrogens with one attached hydrogen (secondary N) is 1. The van der Waals surface area contributed by atoms with Gasteiger partial charge in [-0.25, -0.2) is 0 Å². The molecule has 0 unspecified atom stereocenters. The molecular formula is C18H27ClN2O2. The summed E-state index contributed by atoms with van der Waals surface area (Å²) in [6.07, 6.45) is 4.38. The molecule has 0 radical (unpaired) electrons. The monoisotopic (exact) mass is 338 g/mol. The maximum absolute atomic E-state index is 11.8. The Morgan fingerprint density at radius 3 is 2.43 bits per heavy atom. The van der Waals surface area contributed by atoms with E-state index in [2.05, 4.69) is 12.2 Å². The molecule has 4 nitrogen and oxygen atoms in total. The summed E-state index contributed by atoms with van der Waals surface area (Å²) in [6.45, 7) is 5.47. The van der Waals surface area contributed by atoms with Crippen molar-refractivity contribution < 1.29 is 9.59 Å². The summed E-state index contributed by atoms with van der Waals surface area (Å²) in [4.78, 5) is 25.2. The highest BCUT2D eigenvalue weighted by Gasteiger charge is 2.11. The fourth-order valence-electron chi connectivity index (χ4n) is 2.27. The first kappa shape index (κ1) is 19.5. The van der Waals surface area contributed by atoms with E-state index in [-0.39, 0.29) is 11.8 Å². The van der Waals surface area contributed by atoms with Gasteiger partial charge in [0.25, 0.3) is 0 Å². The Morgan fingerprint density at radius 1 is 1.13 bits per heavy atom. The lowest BCUT2D eigenvalue weighted by molar-refractivity contribution is -0.129. The van der Waals surface area contributed by atoms with E-state index in [9.17, 15) is 9.59 Å². The van der Waals surface area contributed by atoms with E-state index >= 15 is 0 Å². The molecule has 0 aliphatic carbocycles. The molecule has 0 saturated heterocycles. The van der Waals surface area contributed by atoms with Crippen molar-refractivity contribution in [2.24, 2.45) is 0 Å². The number of nitrogens with zero attached hydrogens (tertiary/aromatic N) is 1. The van der Waals surface area contributed by atoms with Gasteiger partial charge in [-0.15, -0.1) is 0 Å². The first-order chi connectivity index (χ1) is 11.0. The Balaban J connectivity index is 2.33. The normalized spacial score (nSPS) is 10.4. The molecule has 0 bridgehead atoms. The molecule has 1 N–H and O–H groups in total. The number of unbranched alkanes of at least 4 members (excludes halogenated alkanes) is 2. The van der Waals surface area contributed by atoms with Crippen molar-refractivity contribution in [3.05, 3.63) is 34.9 Å². The van der Waals surface area contributed by atoms with Gasteiger partial charge in [0, 0.05) is 38.0 Å². The number of rotatable bonds is 10. The number of carbonyl (C=O) groups excluding carboxylic acids is 2. The van der Waals surface area contributed by atoms with Gasteiger partial charge in [-0.1, -0.05) is 43.5 Å². The summed E-state index contributed by atoms with van der Waals surface area (Å²) < 4.78 is 0. The molecule has 5 heteroatoms. The number of carbonyl (C=O) groups is 2. The lowest BCUT2D eigenvalue weighted by Crippen LogP contribution is -2.35. The molecule has 0 spiro atoms. The van der Waals surface area contributed by atoms with E-state index in [0.717, 1.165) is 37.8 Å². The number of halogens is 1. The highest BCUT2D eigenvalue weighted by molar-refractivity contribution is 6.30. The fraction of sp³-hybridized carbons (Fsp3) is 0.556. The molecule has 1 aromatic carbocycles. The summed E-state index contributed by atoms with van der Waals surface area (Å²) in [5.41, 5.74) is 1.13. The topological polar surface area (TPSA) is 49.4 Å². The van der Waals surface area contributed by atoms with Crippen molar-refractivity contribution in [3.8, 4) is 0 Å². The first-order valence-electron chi connectivity index (χ1n) is 8.29. The largest absolute Gasteiger partial charge is 0.356 e. The fourth-order valence-corrected chi connectivity index (χ4v) is 2.40. The maximum atomic E-state index is 11.8. The molecule has 0 aliphatic heterocycles. The highest BCUT2D eigenvalue weighted by atomic mass is 35.5. The molecule has 0 fully saturated rings. The van der Waals surface area contributed by atoms with E-state index in [1.54, 1.807) is 11.8 Å². The third kappa shape index (κ3) is 8.60. The molecule has 1 rings (SSSR count). The molecule has 23 heavy (non-hydrogen) atoms. The van der Waals surface area contributed by atoms with Crippen LogP contribution in [-0.2, 0) is 16.0 Å². The van der Waals surface area contributed by atoms with Crippen molar-refractivity contribution in [1.29, 1.82) is 0 Å². The van der Waals surface area contributed by atoms with Crippen LogP contribution < -0.4 is 5.32 Å². The van der Waals surface area contributed by atoms with Gasteiger partial charge in [-0.3, -0.25) is 9.59 Å². The quantitative estimate of drug-likeness (QED) is 0.664. The van der Waals surface area contributed by atoms with E-state index in [0.29, 0.717) is 24.5 Å². The van der Waals surface area contributed by atoms with Crippen LogP contribution in [0.4, 0.5) is 0 Å². The second kappa shape index (κ2) is 11.1. The van der Waals surface area contributed by atoms with Crippen molar-refractivity contribution in [3.63, 3.8) is 0 Å². The van der Waals surface area contributed by atoms with Crippen LogP contribution in [0.15, 0.2) is 24.3 Å². The van der Waals surface area contributed by atoms with Gasteiger partial charge >= 0.3 is 0 Å². The summed E-state index contributed by atoms with van der Waals surface area (Å²) in [5, 5.41) is 3.61. The van der Waals surface area contributed by atoms with Gasteiger partial charge < -0.3 is 10.2 Å². The molecular weight excluding hydrogens is 312 g/mol. The van der Waals surface area contributed by atoms with Crippen molar-refractivity contribution in [1.82, 2.24) is 10.2 Å². The first-order valence-corrected chi connectivity index (χ1v) is 8.67. The van der Waals surface area contributed by atoms with Crippen molar-refractivity contribution >= 4 is 23.4 Å². The molecule has 0 atom stereocenters. The van der Waals surface area contributed by atoms with Crippen LogP contribution in [0.3, 0.4) is 0 Å². The SMILES string of the molecule is CCCCCNC(=O)CCN(CCc1ccc(Cl)cc1)C(C)=O. The van der Waals surface area contributed by atoms with Gasteiger partial charge in [0.2, 0.25) is 11.8 Å². The van der Waals surface area contributed by atoms with E-state index in [1.165, 1.54) is 0 Å². The second-order valence-electron chi connectivity index (χ2n) is 5.69. The van der Waals surface area contributed by atoms with Gasteiger partial charge in [0.1, 0.15) is 0 Å². The number of hydrogen-bond acceptors (Lipinski definition) is 2. The van der Waals surface area contributed by atoms with E-state index in [1.807, 2.05) is 24.3 Å². The minimum Gasteiger partial charge on any atom is -0.356 e. The molecule has 1 aromatic rings. The van der Waals surface area contributed by atoms with Crippen molar-refractivity contribution in [2.45, 2.75) is 46.0 Å². The second-order valence-corrected chi connectivity index (χ2v) is 6.13. The van der Waals surface area contributed by atoms with E-state index < -0.39 is 0 Å². The lowest BCUT2D eigenvalue weighted by atomic mass is 10.1. The third-order valence-electron chi connectivity index (χ3n) is 3.74. The summed E-state index contributed by atoms with van der Waals surface area (Å²) in [5.74, 6) is 0.0107. The minimum absolute atomic E-state index is 0.00209. The minimum atomic E-state index is -0.00209. The van der Waals surface area contributed by atoms with E-state index in [4.69, 9.17) is 11.6 Å². The number of hydrogen-bond donors (Lipinski definition) is 1. The van der Waals surface area contributed by atoms with Crippen LogP contribution in [0.1, 0.15) is 45.1 Å². The lowest BCUT2D eigenvalue weighted by Gasteiger charge is -2.21. The Bertz CT molecular complexity index is 488. The smallest absolute Gasteiger partial charge is 0.221 e. The molecule has 128 valence electrons. The van der Waals surface area contributed by atoms with Crippen LogP contribution in [0, 0.1) is 0 Å². The summed E-state index contributed by atoms with van der Waals surface area (Å²) >= 11 is 5.86. The zero-order valence-electron chi connectivity index (χ0n) is 14.1. The Hall–Kier alpha value is -1.55. The predicted molar refractivity (Wildman–Crippen MR) is 94.6 cm³/mol. The summed E-state index contributed by atoms with van der Waals surface area (Å²) in [7, 11) is 0. The van der Waals surface area contributed by atoms with Crippen LogP contribution in [0.5, 0.6) is 0 Å².